The molecule has 2 aromatic rings. The van der Waals surface area contributed by atoms with E-state index in [9.17, 15) is 14.4 Å². The lowest BCUT2D eigenvalue weighted by Crippen LogP contribution is -2.40. The Kier molecular flexibility index (Phi) is 6.40. The first-order chi connectivity index (χ1) is 13.2. The van der Waals surface area contributed by atoms with Gasteiger partial charge in [-0.25, -0.2) is 4.79 Å². The lowest BCUT2D eigenvalue weighted by Gasteiger charge is -2.27. The molecule has 158 valence electrons. The van der Waals surface area contributed by atoms with Crippen molar-refractivity contribution in [3.8, 4) is 0 Å². The Morgan fingerprint density at radius 3 is 1.93 bits per heavy atom. The molecule has 7 nitrogen and oxygen atoms in total. The van der Waals surface area contributed by atoms with Crippen molar-refractivity contribution in [2.45, 2.75) is 59.7 Å². The molecular formula is C22H29NO6. The van der Waals surface area contributed by atoms with Crippen LogP contribution in [0, 0.1) is 6.92 Å². The van der Waals surface area contributed by atoms with Gasteiger partial charge in [-0.05, 0) is 66.2 Å². The first-order valence-corrected chi connectivity index (χ1v) is 9.47. The Bertz CT molecular complexity index is 932. The van der Waals surface area contributed by atoms with Gasteiger partial charge < -0.3 is 18.8 Å². The number of fused-ring (bicyclic) bond motifs is 1. The number of rotatable bonds is 5. The molecule has 0 aliphatic carbocycles. The molecule has 0 spiro atoms. The van der Waals surface area contributed by atoms with Crippen LogP contribution in [0.4, 0.5) is 5.69 Å². The highest BCUT2D eigenvalue weighted by Gasteiger charge is 2.24. The summed E-state index contributed by atoms with van der Waals surface area (Å²) >= 11 is 0. The molecule has 0 aliphatic rings. The fourth-order valence-electron chi connectivity index (χ4n) is 2.81. The molecule has 1 heterocycles. The molecule has 29 heavy (non-hydrogen) atoms. The standard InChI is InChI=1S/C22H29NO6/c1-14-10-18(24)27-17-11-15(8-9-16(14)17)23(12-19(25)28-21(2,3)4)13-20(26)29-22(5,6)7/h8-11H,12-13H2,1-7H3. The SMILES string of the molecule is Cc1cc(=O)oc2cc(N(CC(=O)OC(C)(C)C)CC(=O)OC(C)(C)C)ccc12. The summed E-state index contributed by atoms with van der Waals surface area (Å²) in [6.45, 7) is 12.2. The zero-order valence-electron chi connectivity index (χ0n) is 18.1. The van der Waals surface area contributed by atoms with Crippen LogP contribution in [0.15, 0.2) is 33.5 Å². The highest BCUT2D eigenvalue weighted by Crippen LogP contribution is 2.24. The average Bonchev–Trinajstić information content (AvgIpc) is 2.49. The van der Waals surface area contributed by atoms with E-state index in [0.717, 1.165) is 10.9 Å². The highest BCUT2D eigenvalue weighted by atomic mass is 16.6. The number of esters is 2. The number of carbonyl (C=O) groups is 2. The third kappa shape index (κ3) is 6.93. The normalized spacial score (nSPS) is 12.0. The fourth-order valence-corrected chi connectivity index (χ4v) is 2.81. The topological polar surface area (TPSA) is 86.0 Å². The molecule has 0 unspecified atom stereocenters. The number of anilines is 1. The zero-order valence-corrected chi connectivity index (χ0v) is 18.1. The number of nitrogens with zero attached hydrogens (tertiary/aromatic N) is 1. The van der Waals surface area contributed by atoms with Crippen LogP contribution < -0.4 is 10.5 Å². The largest absolute Gasteiger partial charge is 0.459 e. The summed E-state index contributed by atoms with van der Waals surface area (Å²) in [5.41, 5.74) is -0.0512. The highest BCUT2D eigenvalue weighted by molar-refractivity contribution is 5.87. The van der Waals surface area contributed by atoms with Gasteiger partial charge in [0.15, 0.2) is 0 Å². The summed E-state index contributed by atoms with van der Waals surface area (Å²) in [7, 11) is 0. The van der Waals surface area contributed by atoms with Crippen molar-refractivity contribution in [2.24, 2.45) is 0 Å². The predicted octanol–water partition coefficient (Wildman–Crippen LogP) is 3.59. The molecule has 0 aliphatic heterocycles. The van der Waals surface area contributed by atoms with E-state index >= 15 is 0 Å². The van der Waals surface area contributed by atoms with E-state index in [0.29, 0.717) is 11.3 Å². The minimum absolute atomic E-state index is 0.155. The Labute approximate surface area is 170 Å². The Morgan fingerprint density at radius 1 is 0.931 bits per heavy atom. The van der Waals surface area contributed by atoms with Crippen LogP contribution in [0.25, 0.3) is 11.0 Å². The number of ether oxygens (including phenoxy) is 2. The smallest absolute Gasteiger partial charge is 0.336 e. The second-order valence-electron chi connectivity index (χ2n) is 8.96. The molecule has 0 saturated carbocycles. The van der Waals surface area contributed by atoms with Crippen LogP contribution >= 0.6 is 0 Å². The summed E-state index contributed by atoms with van der Waals surface area (Å²) in [4.78, 5) is 38.1. The number of hydrogen-bond acceptors (Lipinski definition) is 7. The lowest BCUT2D eigenvalue weighted by atomic mass is 10.1. The third-order valence-corrected chi connectivity index (χ3v) is 3.78. The van der Waals surface area contributed by atoms with E-state index in [2.05, 4.69) is 0 Å². The van der Waals surface area contributed by atoms with E-state index in [-0.39, 0.29) is 13.1 Å². The van der Waals surface area contributed by atoms with Crippen molar-refractivity contribution in [1.82, 2.24) is 0 Å². The van der Waals surface area contributed by atoms with E-state index in [1.165, 1.54) is 6.07 Å². The van der Waals surface area contributed by atoms with Gasteiger partial charge in [-0.3, -0.25) is 9.59 Å². The van der Waals surface area contributed by atoms with Gasteiger partial charge in [-0.1, -0.05) is 0 Å². The molecule has 0 bridgehead atoms. The van der Waals surface area contributed by atoms with Crippen molar-refractivity contribution < 1.29 is 23.5 Å². The van der Waals surface area contributed by atoms with Crippen LogP contribution in [-0.4, -0.2) is 36.2 Å². The molecule has 0 saturated heterocycles. The van der Waals surface area contributed by atoms with Gasteiger partial charge in [0, 0.05) is 23.2 Å². The number of benzene rings is 1. The van der Waals surface area contributed by atoms with Crippen LogP contribution in [0.3, 0.4) is 0 Å². The zero-order chi connectivity index (χ0) is 22.0. The lowest BCUT2D eigenvalue weighted by molar-refractivity contribution is -0.154. The van der Waals surface area contributed by atoms with Gasteiger partial charge in [0.25, 0.3) is 0 Å². The van der Waals surface area contributed by atoms with Crippen LogP contribution in [0.2, 0.25) is 0 Å². The average molecular weight is 403 g/mol. The van der Waals surface area contributed by atoms with Crippen molar-refractivity contribution in [2.75, 3.05) is 18.0 Å². The quantitative estimate of drug-likeness (QED) is 0.557. The van der Waals surface area contributed by atoms with Gasteiger partial charge in [0.05, 0.1) is 0 Å². The van der Waals surface area contributed by atoms with Crippen LogP contribution in [0.5, 0.6) is 0 Å². The van der Waals surface area contributed by atoms with E-state index in [1.54, 1.807) is 64.6 Å². The maximum atomic E-state index is 12.4. The van der Waals surface area contributed by atoms with Crippen molar-refractivity contribution in [3.63, 3.8) is 0 Å². The molecule has 1 aromatic carbocycles. The Balaban J connectivity index is 2.37. The molecule has 0 N–H and O–H groups in total. The van der Waals surface area contributed by atoms with E-state index in [4.69, 9.17) is 13.9 Å². The first-order valence-electron chi connectivity index (χ1n) is 9.47. The fraction of sp³-hybridized carbons (Fsp3) is 0.500. The molecule has 1 aromatic heterocycles. The summed E-state index contributed by atoms with van der Waals surface area (Å²) < 4.78 is 16.1. The Morgan fingerprint density at radius 2 is 1.45 bits per heavy atom. The monoisotopic (exact) mass is 403 g/mol. The number of hydrogen-bond donors (Lipinski definition) is 0. The van der Waals surface area contributed by atoms with Gasteiger partial charge in [-0.15, -0.1) is 0 Å². The minimum atomic E-state index is -0.651. The van der Waals surface area contributed by atoms with Gasteiger partial charge >= 0.3 is 17.6 Å². The molecule has 0 amide bonds. The van der Waals surface area contributed by atoms with E-state index < -0.39 is 28.8 Å². The summed E-state index contributed by atoms with van der Waals surface area (Å²) in [5, 5.41) is 0.780. The minimum Gasteiger partial charge on any atom is -0.459 e. The Hall–Kier alpha value is -2.83. The molecule has 2 rings (SSSR count). The maximum absolute atomic E-state index is 12.4. The number of carbonyl (C=O) groups excluding carboxylic acids is 2. The molecular weight excluding hydrogens is 374 g/mol. The summed E-state index contributed by atoms with van der Waals surface area (Å²) in [6, 6.07) is 6.61. The molecule has 0 radical (unpaired) electrons. The summed E-state index contributed by atoms with van der Waals surface area (Å²) in [6.07, 6.45) is 0. The molecule has 0 fully saturated rings. The van der Waals surface area contributed by atoms with Crippen LogP contribution in [0.1, 0.15) is 47.1 Å². The molecule has 7 heteroatoms. The van der Waals surface area contributed by atoms with Crippen molar-refractivity contribution >= 4 is 28.6 Å². The van der Waals surface area contributed by atoms with Crippen molar-refractivity contribution in [3.05, 3.63) is 40.2 Å². The summed E-state index contributed by atoms with van der Waals surface area (Å²) in [5.74, 6) is -0.960. The van der Waals surface area contributed by atoms with Crippen molar-refractivity contribution in [1.29, 1.82) is 0 Å². The van der Waals surface area contributed by atoms with Gasteiger partial charge in [0.1, 0.15) is 29.9 Å². The first kappa shape index (κ1) is 22.5. The number of aryl methyl sites for hydroxylation is 1. The van der Waals surface area contributed by atoms with Gasteiger partial charge in [-0.2, -0.15) is 0 Å². The molecule has 0 atom stereocenters. The van der Waals surface area contributed by atoms with Gasteiger partial charge in [0.2, 0.25) is 0 Å². The third-order valence-electron chi connectivity index (χ3n) is 3.78. The second kappa shape index (κ2) is 8.27. The second-order valence-corrected chi connectivity index (χ2v) is 8.96. The maximum Gasteiger partial charge on any atom is 0.336 e. The van der Waals surface area contributed by atoms with Crippen LogP contribution in [-0.2, 0) is 19.1 Å². The van der Waals surface area contributed by atoms with E-state index in [1.807, 2.05) is 6.92 Å². The predicted molar refractivity (Wildman–Crippen MR) is 111 cm³/mol.